The number of anilines is 1. The fourth-order valence-corrected chi connectivity index (χ4v) is 3.72. The number of carbonyl (C=O) groups excluding carboxylic acids is 1. The summed E-state index contributed by atoms with van der Waals surface area (Å²) in [6.45, 7) is 5.69. The number of carbonyl (C=O) groups is 1. The number of benzene rings is 1. The second kappa shape index (κ2) is 6.76. The van der Waals surface area contributed by atoms with Crippen LogP contribution in [0.3, 0.4) is 0 Å². The summed E-state index contributed by atoms with van der Waals surface area (Å²) in [7, 11) is 0. The Hall–Kier alpha value is -2.15. The molecule has 0 saturated carbocycles. The summed E-state index contributed by atoms with van der Waals surface area (Å²) in [5, 5.41) is 14.3. The molecule has 1 amide bonds. The third-order valence-corrected chi connectivity index (χ3v) is 5.23. The summed E-state index contributed by atoms with van der Waals surface area (Å²) in [6.07, 6.45) is 2.78. The summed E-state index contributed by atoms with van der Waals surface area (Å²) >= 11 is 0. The molecule has 24 heavy (non-hydrogen) atoms. The van der Waals surface area contributed by atoms with Crippen LogP contribution in [0.1, 0.15) is 26.2 Å². The normalized spacial score (nSPS) is 24.2. The van der Waals surface area contributed by atoms with Crippen molar-refractivity contribution >= 4 is 17.3 Å². The third kappa shape index (κ3) is 3.08. The van der Waals surface area contributed by atoms with Gasteiger partial charge in [-0.3, -0.25) is 14.9 Å². The highest BCUT2D eigenvalue weighted by Gasteiger charge is 2.42. The number of nitro groups is 1. The number of hydrogen-bond acceptors (Lipinski definition) is 5. The fourth-order valence-electron chi connectivity index (χ4n) is 3.72. The van der Waals surface area contributed by atoms with Crippen LogP contribution in [0.2, 0.25) is 0 Å². The zero-order chi connectivity index (χ0) is 17.2. The minimum atomic E-state index is -0.381. The third-order valence-electron chi connectivity index (χ3n) is 5.23. The topological polar surface area (TPSA) is 78.7 Å². The first kappa shape index (κ1) is 16.7. The van der Waals surface area contributed by atoms with Gasteiger partial charge in [0.25, 0.3) is 5.69 Å². The van der Waals surface area contributed by atoms with E-state index in [0.717, 1.165) is 31.5 Å². The van der Waals surface area contributed by atoms with E-state index >= 15 is 0 Å². The number of piperazine rings is 1. The molecule has 0 aromatic heterocycles. The van der Waals surface area contributed by atoms with Crippen LogP contribution < -0.4 is 10.2 Å². The number of nitrogens with one attached hydrogen (secondary N) is 1. The summed E-state index contributed by atoms with van der Waals surface area (Å²) < 4.78 is 0. The molecule has 7 nitrogen and oxygen atoms in total. The van der Waals surface area contributed by atoms with Crippen LogP contribution in [0.15, 0.2) is 24.3 Å². The minimum Gasteiger partial charge on any atom is -0.368 e. The maximum absolute atomic E-state index is 12.9. The van der Waals surface area contributed by atoms with Gasteiger partial charge < -0.3 is 15.1 Å². The average molecular weight is 332 g/mol. The molecule has 2 heterocycles. The average Bonchev–Trinajstić information content (AvgIpc) is 3.11. The molecule has 7 heteroatoms. The van der Waals surface area contributed by atoms with E-state index in [1.54, 1.807) is 12.1 Å². The van der Waals surface area contributed by atoms with Crippen molar-refractivity contribution in [3.8, 4) is 0 Å². The molecule has 130 valence electrons. The van der Waals surface area contributed by atoms with Crippen molar-refractivity contribution in [1.82, 2.24) is 10.2 Å². The van der Waals surface area contributed by atoms with E-state index in [-0.39, 0.29) is 22.1 Å². The van der Waals surface area contributed by atoms with Crippen molar-refractivity contribution in [1.29, 1.82) is 0 Å². The van der Waals surface area contributed by atoms with E-state index in [1.807, 2.05) is 11.0 Å². The van der Waals surface area contributed by atoms with Gasteiger partial charge in [0.05, 0.1) is 10.5 Å². The number of rotatable bonds is 4. The van der Waals surface area contributed by atoms with Gasteiger partial charge in [0, 0.05) is 44.0 Å². The first-order valence-electron chi connectivity index (χ1n) is 8.59. The SMILES string of the molecule is CCC1(C(=O)N2CCN(c3cccc([N+](=O)[O-])c3)CC2)CCCN1. The lowest BCUT2D eigenvalue weighted by Gasteiger charge is -2.40. The Morgan fingerprint density at radius 1 is 1.33 bits per heavy atom. The fraction of sp³-hybridized carbons (Fsp3) is 0.588. The molecule has 3 rings (SSSR count). The maximum Gasteiger partial charge on any atom is 0.271 e. The highest BCUT2D eigenvalue weighted by Crippen LogP contribution is 2.27. The van der Waals surface area contributed by atoms with E-state index in [4.69, 9.17) is 0 Å². The quantitative estimate of drug-likeness (QED) is 0.671. The predicted octanol–water partition coefficient (Wildman–Crippen LogP) is 1.78. The van der Waals surface area contributed by atoms with Gasteiger partial charge in [-0.15, -0.1) is 0 Å². The van der Waals surface area contributed by atoms with Gasteiger partial charge in [0.1, 0.15) is 0 Å². The molecule has 0 bridgehead atoms. The number of hydrogen-bond donors (Lipinski definition) is 1. The second-order valence-electron chi connectivity index (χ2n) is 6.52. The molecular formula is C17H24N4O3. The van der Waals surface area contributed by atoms with E-state index in [2.05, 4.69) is 17.1 Å². The van der Waals surface area contributed by atoms with Crippen molar-refractivity contribution < 1.29 is 9.72 Å². The van der Waals surface area contributed by atoms with Gasteiger partial charge in [0.15, 0.2) is 0 Å². The Morgan fingerprint density at radius 2 is 2.08 bits per heavy atom. The van der Waals surface area contributed by atoms with Gasteiger partial charge in [-0.05, 0) is 31.9 Å². The standard InChI is InChI=1S/C17H24N4O3/c1-2-17(7-4-8-18-17)16(22)20-11-9-19(10-12-20)14-5-3-6-15(13-14)21(23)24/h3,5-6,13,18H,2,4,7-12H2,1H3. The minimum absolute atomic E-state index is 0.103. The molecule has 2 aliphatic heterocycles. The van der Waals surface area contributed by atoms with Gasteiger partial charge in [-0.25, -0.2) is 0 Å². The monoisotopic (exact) mass is 332 g/mol. The smallest absolute Gasteiger partial charge is 0.271 e. The lowest BCUT2D eigenvalue weighted by Crippen LogP contribution is -2.59. The Kier molecular flexibility index (Phi) is 4.71. The number of non-ortho nitro benzene ring substituents is 1. The predicted molar refractivity (Wildman–Crippen MR) is 92.1 cm³/mol. The first-order valence-corrected chi connectivity index (χ1v) is 8.59. The highest BCUT2D eigenvalue weighted by molar-refractivity contribution is 5.87. The van der Waals surface area contributed by atoms with Crippen molar-refractivity contribution in [2.45, 2.75) is 31.7 Å². The van der Waals surface area contributed by atoms with Crippen molar-refractivity contribution in [3.05, 3.63) is 34.4 Å². The maximum atomic E-state index is 12.9. The van der Waals surface area contributed by atoms with Gasteiger partial charge >= 0.3 is 0 Å². The second-order valence-corrected chi connectivity index (χ2v) is 6.52. The molecule has 2 fully saturated rings. The molecule has 0 aliphatic carbocycles. The van der Waals surface area contributed by atoms with E-state index < -0.39 is 0 Å². The Balaban J connectivity index is 1.64. The largest absolute Gasteiger partial charge is 0.368 e. The van der Waals surface area contributed by atoms with Gasteiger partial charge in [-0.2, -0.15) is 0 Å². The summed E-state index contributed by atoms with van der Waals surface area (Å²) in [6, 6.07) is 6.69. The van der Waals surface area contributed by atoms with E-state index in [1.165, 1.54) is 6.07 Å². The Morgan fingerprint density at radius 3 is 2.67 bits per heavy atom. The molecule has 2 saturated heterocycles. The molecule has 1 N–H and O–H groups in total. The van der Waals surface area contributed by atoms with Crippen LogP contribution >= 0.6 is 0 Å². The zero-order valence-corrected chi connectivity index (χ0v) is 14.0. The number of nitrogens with zero attached hydrogens (tertiary/aromatic N) is 3. The Bertz CT molecular complexity index is 620. The number of nitro benzene ring substituents is 1. The molecule has 1 unspecified atom stereocenters. The van der Waals surface area contributed by atoms with Crippen molar-refractivity contribution in [2.24, 2.45) is 0 Å². The number of amides is 1. The molecule has 2 aliphatic rings. The van der Waals surface area contributed by atoms with Gasteiger partial charge in [-0.1, -0.05) is 13.0 Å². The summed E-state index contributed by atoms with van der Waals surface area (Å²) in [5.41, 5.74) is 0.569. The van der Waals surface area contributed by atoms with Gasteiger partial charge in [0.2, 0.25) is 5.91 Å². The van der Waals surface area contributed by atoms with Crippen molar-refractivity contribution in [2.75, 3.05) is 37.6 Å². The van der Waals surface area contributed by atoms with Crippen LogP contribution in [0.25, 0.3) is 0 Å². The molecule has 1 atom stereocenters. The molecule has 0 radical (unpaired) electrons. The Labute approximate surface area is 141 Å². The van der Waals surface area contributed by atoms with Crippen LogP contribution in [0.5, 0.6) is 0 Å². The van der Waals surface area contributed by atoms with E-state index in [0.29, 0.717) is 26.2 Å². The summed E-state index contributed by atoms with van der Waals surface area (Å²) in [4.78, 5) is 27.5. The lowest BCUT2D eigenvalue weighted by molar-refractivity contribution is -0.384. The van der Waals surface area contributed by atoms with Crippen LogP contribution in [-0.2, 0) is 4.79 Å². The van der Waals surface area contributed by atoms with Crippen molar-refractivity contribution in [3.63, 3.8) is 0 Å². The molecular weight excluding hydrogens is 308 g/mol. The highest BCUT2D eigenvalue weighted by atomic mass is 16.6. The van der Waals surface area contributed by atoms with E-state index in [9.17, 15) is 14.9 Å². The molecule has 1 aromatic carbocycles. The molecule has 1 aromatic rings. The summed E-state index contributed by atoms with van der Waals surface area (Å²) in [5.74, 6) is 0.209. The van der Waals surface area contributed by atoms with Crippen LogP contribution in [0, 0.1) is 10.1 Å². The first-order chi connectivity index (χ1) is 11.6. The lowest BCUT2D eigenvalue weighted by atomic mass is 9.92. The van der Waals surface area contributed by atoms with Crippen LogP contribution in [0.4, 0.5) is 11.4 Å². The molecule has 0 spiro atoms. The van der Waals surface area contributed by atoms with Crippen LogP contribution in [-0.4, -0.2) is 54.0 Å². The zero-order valence-electron chi connectivity index (χ0n) is 14.0.